The van der Waals surface area contributed by atoms with Crippen LogP contribution in [0.4, 0.5) is 0 Å². The molecular weight excluding hydrogens is 214 g/mol. The second-order valence-electron chi connectivity index (χ2n) is 5.44. The molecule has 0 spiro atoms. The van der Waals surface area contributed by atoms with E-state index in [4.69, 9.17) is 4.74 Å². The van der Waals surface area contributed by atoms with Crippen molar-refractivity contribution in [2.24, 2.45) is 5.41 Å². The largest absolute Gasteiger partial charge is 0.492 e. The molecule has 2 rings (SSSR count). The van der Waals surface area contributed by atoms with Gasteiger partial charge in [0, 0.05) is 11.8 Å². The molecule has 1 atom stereocenters. The van der Waals surface area contributed by atoms with Gasteiger partial charge in [-0.1, -0.05) is 13.8 Å². The monoisotopic (exact) mass is 235 g/mol. The average Bonchev–Trinajstić information content (AvgIpc) is 2.56. The zero-order chi connectivity index (χ0) is 12.5. The highest BCUT2D eigenvalue weighted by atomic mass is 16.5. The molecule has 0 saturated heterocycles. The lowest BCUT2D eigenvalue weighted by Gasteiger charge is -2.37. The number of aromatic nitrogens is 1. The van der Waals surface area contributed by atoms with Crippen LogP contribution in [0.25, 0.3) is 0 Å². The summed E-state index contributed by atoms with van der Waals surface area (Å²) in [6, 6.07) is 1.92. The Morgan fingerprint density at radius 2 is 2.12 bits per heavy atom. The number of hydrogen-bond acceptors (Lipinski definition) is 3. The lowest BCUT2D eigenvalue weighted by atomic mass is 9.74. The SMILES string of the molecule is CCOc1cncc(C2(O)CCCC2(C)C)c1. The average molecular weight is 235 g/mol. The highest BCUT2D eigenvalue weighted by Crippen LogP contribution is 2.52. The third-order valence-electron chi connectivity index (χ3n) is 3.96. The second kappa shape index (κ2) is 4.30. The summed E-state index contributed by atoms with van der Waals surface area (Å²) in [5, 5.41) is 10.9. The van der Waals surface area contributed by atoms with Gasteiger partial charge in [0.2, 0.25) is 0 Å². The maximum Gasteiger partial charge on any atom is 0.137 e. The predicted octanol–water partition coefficient (Wildman–Crippen LogP) is 2.88. The number of aliphatic hydroxyl groups is 1. The molecule has 1 N–H and O–H groups in total. The number of ether oxygens (including phenoxy) is 1. The van der Waals surface area contributed by atoms with Gasteiger partial charge in [0.15, 0.2) is 0 Å². The van der Waals surface area contributed by atoms with Crippen LogP contribution >= 0.6 is 0 Å². The van der Waals surface area contributed by atoms with Crippen LogP contribution in [0.15, 0.2) is 18.5 Å². The van der Waals surface area contributed by atoms with Crippen molar-refractivity contribution >= 4 is 0 Å². The summed E-state index contributed by atoms with van der Waals surface area (Å²) in [4.78, 5) is 4.17. The van der Waals surface area contributed by atoms with Crippen molar-refractivity contribution in [2.75, 3.05) is 6.61 Å². The third-order valence-corrected chi connectivity index (χ3v) is 3.96. The first-order valence-corrected chi connectivity index (χ1v) is 6.30. The predicted molar refractivity (Wildman–Crippen MR) is 66.9 cm³/mol. The molecule has 3 nitrogen and oxygen atoms in total. The lowest BCUT2D eigenvalue weighted by molar-refractivity contribution is -0.0489. The van der Waals surface area contributed by atoms with Crippen molar-refractivity contribution < 1.29 is 9.84 Å². The summed E-state index contributed by atoms with van der Waals surface area (Å²) in [5.41, 5.74) is 0.0121. The molecule has 1 aromatic rings. The standard InChI is InChI=1S/C14H21NO2/c1-4-17-12-8-11(9-15-10-12)14(16)7-5-6-13(14,2)3/h8-10,16H,4-7H2,1-3H3. The van der Waals surface area contributed by atoms with E-state index in [1.165, 1.54) is 0 Å². The molecule has 3 heteroatoms. The minimum absolute atomic E-state index is 0.0977. The maximum absolute atomic E-state index is 10.9. The zero-order valence-corrected chi connectivity index (χ0v) is 10.9. The van der Waals surface area contributed by atoms with Crippen LogP contribution in [0.5, 0.6) is 5.75 Å². The fourth-order valence-electron chi connectivity index (χ4n) is 2.76. The summed E-state index contributed by atoms with van der Waals surface area (Å²) < 4.78 is 5.45. The summed E-state index contributed by atoms with van der Waals surface area (Å²) in [6.45, 7) is 6.80. The molecule has 0 aliphatic heterocycles. The Morgan fingerprint density at radius 3 is 2.71 bits per heavy atom. The van der Waals surface area contributed by atoms with E-state index in [2.05, 4.69) is 18.8 Å². The van der Waals surface area contributed by atoms with Crippen LogP contribution in [0.2, 0.25) is 0 Å². The van der Waals surface area contributed by atoms with Crippen LogP contribution in [0.3, 0.4) is 0 Å². The minimum Gasteiger partial charge on any atom is -0.492 e. The van der Waals surface area contributed by atoms with E-state index in [9.17, 15) is 5.11 Å². The topological polar surface area (TPSA) is 42.4 Å². The van der Waals surface area contributed by atoms with Crippen molar-refractivity contribution in [3.05, 3.63) is 24.0 Å². The van der Waals surface area contributed by atoms with E-state index in [1.54, 1.807) is 12.4 Å². The van der Waals surface area contributed by atoms with Crippen LogP contribution in [-0.4, -0.2) is 16.7 Å². The summed E-state index contributed by atoms with van der Waals surface area (Å²) in [6.07, 6.45) is 6.36. The molecule has 94 valence electrons. The van der Waals surface area contributed by atoms with Crippen molar-refractivity contribution in [2.45, 2.75) is 45.6 Å². The molecule has 0 radical (unpaired) electrons. The molecule has 1 unspecified atom stereocenters. The van der Waals surface area contributed by atoms with E-state index in [-0.39, 0.29) is 5.41 Å². The van der Waals surface area contributed by atoms with Gasteiger partial charge in [-0.15, -0.1) is 0 Å². The second-order valence-corrected chi connectivity index (χ2v) is 5.44. The Kier molecular flexibility index (Phi) is 3.13. The van der Waals surface area contributed by atoms with Gasteiger partial charge in [0.05, 0.1) is 18.4 Å². The molecule has 0 bridgehead atoms. The first-order valence-electron chi connectivity index (χ1n) is 6.30. The summed E-state index contributed by atoms with van der Waals surface area (Å²) >= 11 is 0. The van der Waals surface area contributed by atoms with E-state index >= 15 is 0 Å². The molecule has 1 aliphatic rings. The Balaban J connectivity index is 2.36. The number of hydrogen-bond donors (Lipinski definition) is 1. The molecule has 0 amide bonds. The Morgan fingerprint density at radius 1 is 1.35 bits per heavy atom. The fourth-order valence-corrected chi connectivity index (χ4v) is 2.76. The normalized spacial score (nSPS) is 27.1. The van der Waals surface area contributed by atoms with E-state index in [1.807, 2.05) is 13.0 Å². The van der Waals surface area contributed by atoms with E-state index in [0.717, 1.165) is 30.6 Å². The zero-order valence-electron chi connectivity index (χ0n) is 10.9. The molecule has 1 aromatic heterocycles. The van der Waals surface area contributed by atoms with Gasteiger partial charge in [0.25, 0.3) is 0 Å². The van der Waals surface area contributed by atoms with Gasteiger partial charge in [-0.25, -0.2) is 0 Å². The lowest BCUT2D eigenvalue weighted by Crippen LogP contribution is -2.37. The van der Waals surface area contributed by atoms with Crippen LogP contribution in [0.1, 0.15) is 45.6 Å². The van der Waals surface area contributed by atoms with Gasteiger partial charge >= 0.3 is 0 Å². The van der Waals surface area contributed by atoms with E-state index < -0.39 is 5.60 Å². The smallest absolute Gasteiger partial charge is 0.137 e. The third kappa shape index (κ3) is 2.04. The molecule has 1 saturated carbocycles. The highest BCUT2D eigenvalue weighted by molar-refractivity contribution is 5.30. The minimum atomic E-state index is -0.771. The number of rotatable bonds is 3. The van der Waals surface area contributed by atoms with Gasteiger partial charge in [-0.3, -0.25) is 4.98 Å². The Labute approximate surface area is 103 Å². The molecule has 1 heterocycles. The molecule has 1 fully saturated rings. The van der Waals surface area contributed by atoms with E-state index in [0.29, 0.717) is 6.61 Å². The highest BCUT2D eigenvalue weighted by Gasteiger charge is 2.48. The van der Waals surface area contributed by atoms with Crippen LogP contribution in [-0.2, 0) is 5.60 Å². The molecular formula is C14H21NO2. The quantitative estimate of drug-likeness (QED) is 0.876. The van der Waals surface area contributed by atoms with Gasteiger partial charge in [0.1, 0.15) is 5.75 Å². The fraction of sp³-hybridized carbons (Fsp3) is 0.643. The van der Waals surface area contributed by atoms with Crippen LogP contribution < -0.4 is 4.74 Å². The summed E-state index contributed by atoms with van der Waals surface area (Å²) in [7, 11) is 0. The van der Waals surface area contributed by atoms with Crippen molar-refractivity contribution in [3.8, 4) is 5.75 Å². The number of nitrogens with zero attached hydrogens (tertiary/aromatic N) is 1. The van der Waals surface area contributed by atoms with Crippen molar-refractivity contribution in [3.63, 3.8) is 0 Å². The van der Waals surface area contributed by atoms with Gasteiger partial charge in [-0.05, 0) is 37.7 Å². The summed E-state index contributed by atoms with van der Waals surface area (Å²) in [5.74, 6) is 0.737. The first kappa shape index (κ1) is 12.4. The van der Waals surface area contributed by atoms with Gasteiger partial charge < -0.3 is 9.84 Å². The maximum atomic E-state index is 10.9. The Hall–Kier alpha value is -1.09. The molecule has 17 heavy (non-hydrogen) atoms. The molecule has 0 aromatic carbocycles. The number of pyridine rings is 1. The van der Waals surface area contributed by atoms with Crippen molar-refractivity contribution in [1.29, 1.82) is 0 Å². The van der Waals surface area contributed by atoms with Crippen LogP contribution in [0, 0.1) is 5.41 Å². The first-order chi connectivity index (χ1) is 7.99. The van der Waals surface area contributed by atoms with Gasteiger partial charge in [-0.2, -0.15) is 0 Å². The Bertz CT molecular complexity index is 403. The molecule has 1 aliphatic carbocycles. The van der Waals surface area contributed by atoms with Crippen molar-refractivity contribution in [1.82, 2.24) is 4.98 Å².